The summed E-state index contributed by atoms with van der Waals surface area (Å²) < 4.78 is 23.4. The summed E-state index contributed by atoms with van der Waals surface area (Å²) in [5, 5.41) is 0. The van der Waals surface area contributed by atoms with Crippen LogP contribution in [0.3, 0.4) is 0 Å². The standard InChI is InChI=1S/C13H15N3O2S/c1-16(2)13-11(19(3,17)18)9-14-12(15-13)10-7-5-4-6-8-10/h4-9H,1-3H3. The van der Waals surface area contributed by atoms with Crippen molar-refractivity contribution >= 4 is 15.7 Å². The second kappa shape index (κ2) is 4.97. The quantitative estimate of drug-likeness (QED) is 0.853. The second-order valence-corrected chi connectivity index (χ2v) is 6.40. The molecule has 19 heavy (non-hydrogen) atoms. The van der Waals surface area contributed by atoms with Crippen LogP contribution in [0.4, 0.5) is 5.82 Å². The first kappa shape index (κ1) is 13.5. The molecule has 0 atom stereocenters. The molecule has 100 valence electrons. The molecule has 6 heteroatoms. The molecular formula is C13H15N3O2S. The normalized spacial score (nSPS) is 11.3. The lowest BCUT2D eigenvalue weighted by Gasteiger charge is -2.15. The van der Waals surface area contributed by atoms with Crippen LogP contribution in [0.1, 0.15) is 0 Å². The topological polar surface area (TPSA) is 63.2 Å². The molecule has 0 amide bonds. The van der Waals surface area contributed by atoms with Crippen molar-refractivity contribution in [3.8, 4) is 11.4 Å². The van der Waals surface area contributed by atoms with Crippen LogP contribution in [-0.4, -0.2) is 38.7 Å². The van der Waals surface area contributed by atoms with Crippen LogP contribution in [0.25, 0.3) is 11.4 Å². The highest BCUT2D eigenvalue weighted by Crippen LogP contribution is 2.24. The fourth-order valence-corrected chi connectivity index (χ4v) is 2.47. The molecule has 0 aliphatic carbocycles. The zero-order chi connectivity index (χ0) is 14.0. The van der Waals surface area contributed by atoms with E-state index in [0.717, 1.165) is 11.8 Å². The average Bonchev–Trinajstić information content (AvgIpc) is 2.38. The molecule has 2 aromatic rings. The van der Waals surface area contributed by atoms with Crippen LogP contribution < -0.4 is 4.90 Å². The second-order valence-electron chi connectivity index (χ2n) is 4.41. The van der Waals surface area contributed by atoms with E-state index in [4.69, 9.17) is 0 Å². The van der Waals surface area contributed by atoms with Crippen molar-refractivity contribution in [2.75, 3.05) is 25.3 Å². The Bertz CT molecular complexity index is 682. The molecule has 0 aliphatic heterocycles. The molecule has 0 fully saturated rings. The number of benzene rings is 1. The SMILES string of the molecule is CN(C)c1nc(-c2ccccc2)ncc1S(C)(=O)=O. The summed E-state index contributed by atoms with van der Waals surface area (Å²) >= 11 is 0. The first-order valence-electron chi connectivity index (χ1n) is 5.69. The smallest absolute Gasteiger partial charge is 0.180 e. The molecule has 0 saturated heterocycles. The van der Waals surface area contributed by atoms with E-state index in [1.54, 1.807) is 19.0 Å². The molecule has 0 bridgehead atoms. The largest absolute Gasteiger partial charge is 0.362 e. The minimum atomic E-state index is -3.34. The van der Waals surface area contributed by atoms with Crippen molar-refractivity contribution in [3.63, 3.8) is 0 Å². The average molecular weight is 277 g/mol. The Morgan fingerprint density at radius 3 is 2.26 bits per heavy atom. The van der Waals surface area contributed by atoms with Gasteiger partial charge in [0.25, 0.3) is 0 Å². The van der Waals surface area contributed by atoms with Crippen LogP contribution in [0.2, 0.25) is 0 Å². The molecule has 0 unspecified atom stereocenters. The van der Waals surface area contributed by atoms with Crippen LogP contribution >= 0.6 is 0 Å². The highest BCUT2D eigenvalue weighted by Gasteiger charge is 2.18. The molecule has 2 rings (SSSR count). The monoisotopic (exact) mass is 277 g/mol. The number of rotatable bonds is 3. The molecule has 1 aromatic carbocycles. The van der Waals surface area contributed by atoms with Crippen molar-refractivity contribution in [3.05, 3.63) is 36.5 Å². The molecule has 1 aromatic heterocycles. The van der Waals surface area contributed by atoms with Crippen molar-refractivity contribution in [2.45, 2.75) is 4.90 Å². The Morgan fingerprint density at radius 1 is 1.11 bits per heavy atom. The summed E-state index contributed by atoms with van der Waals surface area (Å²) in [7, 11) is 0.167. The minimum Gasteiger partial charge on any atom is -0.362 e. The number of sulfone groups is 1. The fourth-order valence-electron chi connectivity index (χ4n) is 1.67. The number of hydrogen-bond acceptors (Lipinski definition) is 5. The van der Waals surface area contributed by atoms with E-state index >= 15 is 0 Å². The fraction of sp³-hybridized carbons (Fsp3) is 0.231. The Balaban J connectivity index is 2.61. The summed E-state index contributed by atoms with van der Waals surface area (Å²) in [6, 6.07) is 9.45. The van der Waals surface area contributed by atoms with Gasteiger partial charge in [-0.15, -0.1) is 0 Å². The van der Waals surface area contributed by atoms with E-state index in [9.17, 15) is 8.42 Å². The van der Waals surface area contributed by atoms with Gasteiger partial charge in [-0.3, -0.25) is 0 Å². The van der Waals surface area contributed by atoms with Gasteiger partial charge in [-0.25, -0.2) is 18.4 Å². The number of nitrogens with zero attached hydrogens (tertiary/aromatic N) is 3. The minimum absolute atomic E-state index is 0.136. The molecule has 1 heterocycles. The van der Waals surface area contributed by atoms with E-state index < -0.39 is 9.84 Å². The third-order valence-corrected chi connectivity index (χ3v) is 3.68. The van der Waals surface area contributed by atoms with Gasteiger partial charge in [-0.2, -0.15) is 0 Å². The summed E-state index contributed by atoms with van der Waals surface area (Å²) in [6.45, 7) is 0. The summed E-state index contributed by atoms with van der Waals surface area (Å²) in [5.41, 5.74) is 0.852. The zero-order valence-electron chi connectivity index (χ0n) is 11.0. The van der Waals surface area contributed by atoms with Crippen LogP contribution in [-0.2, 0) is 9.84 Å². The predicted octanol–water partition coefficient (Wildman–Crippen LogP) is 1.61. The number of hydrogen-bond donors (Lipinski definition) is 0. The molecule has 5 nitrogen and oxygen atoms in total. The third-order valence-electron chi connectivity index (χ3n) is 2.59. The summed E-state index contributed by atoms with van der Waals surface area (Å²) in [5.74, 6) is 0.910. The lowest BCUT2D eigenvalue weighted by molar-refractivity contribution is 0.601. The van der Waals surface area contributed by atoms with Gasteiger partial charge in [0.05, 0.1) is 6.20 Å². The Hall–Kier alpha value is -1.95. The van der Waals surface area contributed by atoms with Crippen molar-refractivity contribution < 1.29 is 8.42 Å². The van der Waals surface area contributed by atoms with E-state index in [0.29, 0.717) is 11.6 Å². The highest BCUT2D eigenvalue weighted by molar-refractivity contribution is 7.90. The zero-order valence-corrected chi connectivity index (χ0v) is 11.8. The van der Waals surface area contributed by atoms with Crippen LogP contribution in [0.5, 0.6) is 0 Å². The molecular weight excluding hydrogens is 262 g/mol. The van der Waals surface area contributed by atoms with Gasteiger partial charge >= 0.3 is 0 Å². The lowest BCUT2D eigenvalue weighted by Crippen LogP contribution is -2.16. The van der Waals surface area contributed by atoms with Gasteiger partial charge in [0, 0.05) is 25.9 Å². The molecule has 0 N–H and O–H groups in total. The number of aromatic nitrogens is 2. The summed E-state index contributed by atoms with van der Waals surface area (Å²) in [4.78, 5) is 10.3. The first-order chi connectivity index (χ1) is 8.89. The maximum atomic E-state index is 11.7. The van der Waals surface area contributed by atoms with E-state index in [2.05, 4.69) is 9.97 Å². The van der Waals surface area contributed by atoms with Gasteiger partial charge in [0.1, 0.15) is 4.90 Å². The lowest BCUT2D eigenvalue weighted by atomic mass is 10.2. The number of anilines is 1. The molecule has 0 spiro atoms. The van der Waals surface area contributed by atoms with Crippen LogP contribution in [0, 0.1) is 0 Å². The van der Waals surface area contributed by atoms with Crippen LogP contribution in [0.15, 0.2) is 41.4 Å². The van der Waals surface area contributed by atoms with E-state index in [1.807, 2.05) is 30.3 Å². The molecule has 0 aliphatic rings. The Labute approximate surface area is 112 Å². The molecule has 0 radical (unpaired) electrons. The van der Waals surface area contributed by atoms with Gasteiger partial charge < -0.3 is 4.90 Å². The Morgan fingerprint density at radius 2 is 1.74 bits per heavy atom. The van der Waals surface area contributed by atoms with Gasteiger partial charge in [0.15, 0.2) is 21.5 Å². The maximum Gasteiger partial charge on any atom is 0.180 e. The van der Waals surface area contributed by atoms with Gasteiger partial charge in [-0.1, -0.05) is 30.3 Å². The van der Waals surface area contributed by atoms with Gasteiger partial charge in [-0.05, 0) is 0 Å². The highest BCUT2D eigenvalue weighted by atomic mass is 32.2. The predicted molar refractivity (Wildman–Crippen MR) is 74.9 cm³/mol. The Kier molecular flexibility index (Phi) is 3.53. The maximum absolute atomic E-state index is 11.7. The van der Waals surface area contributed by atoms with Gasteiger partial charge in [0.2, 0.25) is 0 Å². The summed E-state index contributed by atoms with van der Waals surface area (Å²) in [6.07, 6.45) is 2.51. The van der Waals surface area contributed by atoms with Crippen molar-refractivity contribution in [1.82, 2.24) is 9.97 Å². The first-order valence-corrected chi connectivity index (χ1v) is 7.58. The van der Waals surface area contributed by atoms with Crippen molar-refractivity contribution in [1.29, 1.82) is 0 Å². The third kappa shape index (κ3) is 2.90. The molecule has 0 saturated carbocycles. The van der Waals surface area contributed by atoms with E-state index in [-0.39, 0.29) is 4.90 Å². The van der Waals surface area contributed by atoms with Crippen molar-refractivity contribution in [2.24, 2.45) is 0 Å². The van der Waals surface area contributed by atoms with E-state index in [1.165, 1.54) is 6.20 Å².